The monoisotopic (exact) mass is 256 g/mol. The molecule has 0 atom stereocenters. The van der Waals surface area contributed by atoms with Crippen LogP contribution in [0.4, 0.5) is 0 Å². The van der Waals surface area contributed by atoms with Gasteiger partial charge in [0.15, 0.2) is 5.78 Å². The van der Waals surface area contributed by atoms with Gasteiger partial charge in [0.1, 0.15) is 11.5 Å². The summed E-state index contributed by atoms with van der Waals surface area (Å²) in [4.78, 5) is 12.4. The maximum absolute atomic E-state index is 12.4. The molecule has 19 heavy (non-hydrogen) atoms. The van der Waals surface area contributed by atoms with Crippen LogP contribution >= 0.6 is 0 Å². The van der Waals surface area contributed by atoms with Gasteiger partial charge < -0.3 is 4.42 Å². The van der Waals surface area contributed by atoms with Crippen LogP contribution in [0.3, 0.4) is 0 Å². The van der Waals surface area contributed by atoms with E-state index in [9.17, 15) is 4.79 Å². The predicted octanol–water partition coefficient (Wildman–Crippen LogP) is 4.42. The molecule has 0 N–H and O–H groups in total. The van der Waals surface area contributed by atoms with Crippen LogP contribution in [0, 0.1) is 13.8 Å². The van der Waals surface area contributed by atoms with Crippen LogP contribution in [0.25, 0.3) is 0 Å². The van der Waals surface area contributed by atoms with Crippen molar-refractivity contribution < 1.29 is 9.21 Å². The fourth-order valence-corrected chi connectivity index (χ4v) is 2.13. The van der Waals surface area contributed by atoms with Crippen molar-refractivity contribution in [3.05, 3.63) is 58.5 Å². The molecule has 2 aromatic rings. The average molecular weight is 256 g/mol. The highest BCUT2D eigenvalue weighted by Gasteiger charge is 2.17. The molecule has 0 aliphatic carbocycles. The molecule has 2 nitrogen and oxygen atoms in total. The molecule has 2 heteroatoms. The highest BCUT2D eigenvalue weighted by atomic mass is 16.3. The summed E-state index contributed by atoms with van der Waals surface area (Å²) in [5.74, 6) is 1.48. The minimum atomic E-state index is 0.0230. The number of ketones is 1. The number of carbonyl (C=O) groups excluding carboxylic acids is 1. The Morgan fingerprint density at radius 1 is 1.05 bits per heavy atom. The summed E-state index contributed by atoms with van der Waals surface area (Å²) in [6, 6.07) is 9.63. The van der Waals surface area contributed by atoms with Crippen molar-refractivity contribution in [2.45, 2.75) is 40.0 Å². The van der Waals surface area contributed by atoms with Crippen molar-refractivity contribution in [1.82, 2.24) is 0 Å². The lowest BCUT2D eigenvalue weighted by molar-refractivity contribution is 0.103. The molecule has 0 saturated carbocycles. The van der Waals surface area contributed by atoms with Crippen LogP contribution in [-0.4, -0.2) is 5.78 Å². The van der Waals surface area contributed by atoms with E-state index in [-0.39, 0.29) is 11.2 Å². The van der Waals surface area contributed by atoms with Gasteiger partial charge in [-0.25, -0.2) is 0 Å². The summed E-state index contributed by atoms with van der Waals surface area (Å²) in [7, 11) is 0. The van der Waals surface area contributed by atoms with Gasteiger partial charge in [0.25, 0.3) is 0 Å². The summed E-state index contributed by atoms with van der Waals surface area (Å²) in [6.45, 7) is 10.2. The Kier molecular flexibility index (Phi) is 3.36. The zero-order valence-electron chi connectivity index (χ0n) is 12.2. The average Bonchev–Trinajstić information content (AvgIpc) is 2.66. The van der Waals surface area contributed by atoms with Gasteiger partial charge in [0.2, 0.25) is 0 Å². The molecule has 0 fully saturated rings. The summed E-state index contributed by atoms with van der Waals surface area (Å²) in [5.41, 5.74) is 2.69. The first-order valence-electron chi connectivity index (χ1n) is 6.51. The fraction of sp³-hybridized carbons (Fsp3) is 0.353. The lowest BCUT2D eigenvalue weighted by Crippen LogP contribution is -2.11. The van der Waals surface area contributed by atoms with Crippen LogP contribution in [0.15, 0.2) is 34.7 Å². The third-order valence-electron chi connectivity index (χ3n) is 3.30. The molecule has 1 aromatic carbocycles. The second kappa shape index (κ2) is 4.69. The number of aryl methyl sites for hydroxylation is 2. The zero-order valence-corrected chi connectivity index (χ0v) is 12.2. The standard InChI is InChI=1S/C17H20O2/c1-11-10-15(12(2)19-11)16(18)13-6-8-14(9-7-13)17(3,4)5/h6-10H,1-5H3. The molecule has 0 amide bonds. The van der Waals surface area contributed by atoms with Crippen molar-refractivity contribution in [2.75, 3.05) is 0 Å². The lowest BCUT2D eigenvalue weighted by Gasteiger charge is -2.18. The van der Waals surface area contributed by atoms with E-state index < -0.39 is 0 Å². The first kappa shape index (κ1) is 13.6. The summed E-state index contributed by atoms with van der Waals surface area (Å²) >= 11 is 0. The van der Waals surface area contributed by atoms with E-state index in [1.807, 2.05) is 38.1 Å². The van der Waals surface area contributed by atoms with Crippen LogP contribution in [0.5, 0.6) is 0 Å². The van der Waals surface area contributed by atoms with E-state index in [0.29, 0.717) is 16.9 Å². The maximum Gasteiger partial charge on any atom is 0.196 e. The first-order valence-corrected chi connectivity index (χ1v) is 6.51. The summed E-state index contributed by atoms with van der Waals surface area (Å²) in [6.07, 6.45) is 0. The first-order chi connectivity index (χ1) is 8.79. The SMILES string of the molecule is Cc1cc(C(=O)c2ccc(C(C)(C)C)cc2)c(C)o1. The van der Waals surface area contributed by atoms with Gasteiger partial charge in [-0.15, -0.1) is 0 Å². The van der Waals surface area contributed by atoms with Crippen molar-refractivity contribution in [3.8, 4) is 0 Å². The number of benzene rings is 1. The Morgan fingerprint density at radius 3 is 2.05 bits per heavy atom. The molecule has 1 heterocycles. The van der Waals surface area contributed by atoms with Crippen LogP contribution < -0.4 is 0 Å². The topological polar surface area (TPSA) is 30.2 Å². The lowest BCUT2D eigenvalue weighted by atomic mass is 9.86. The van der Waals surface area contributed by atoms with E-state index in [0.717, 1.165) is 5.76 Å². The van der Waals surface area contributed by atoms with Crippen molar-refractivity contribution in [1.29, 1.82) is 0 Å². The zero-order chi connectivity index (χ0) is 14.2. The quantitative estimate of drug-likeness (QED) is 0.744. The van der Waals surface area contributed by atoms with E-state index in [1.165, 1.54) is 5.56 Å². The molecule has 0 radical (unpaired) electrons. The molecule has 1 aromatic heterocycles. The van der Waals surface area contributed by atoms with Crippen molar-refractivity contribution in [2.24, 2.45) is 0 Å². The number of rotatable bonds is 2. The summed E-state index contributed by atoms with van der Waals surface area (Å²) < 4.78 is 5.41. The van der Waals surface area contributed by atoms with E-state index in [1.54, 1.807) is 6.07 Å². The van der Waals surface area contributed by atoms with Crippen LogP contribution in [0.2, 0.25) is 0 Å². The molecule has 0 bridgehead atoms. The van der Waals surface area contributed by atoms with Gasteiger partial charge in [-0.05, 0) is 30.9 Å². The van der Waals surface area contributed by atoms with E-state index in [4.69, 9.17) is 4.42 Å². The molecular formula is C17H20O2. The van der Waals surface area contributed by atoms with Gasteiger partial charge >= 0.3 is 0 Å². The molecule has 0 saturated heterocycles. The Morgan fingerprint density at radius 2 is 1.63 bits per heavy atom. The Bertz CT molecular complexity index is 595. The van der Waals surface area contributed by atoms with Gasteiger partial charge in [-0.2, -0.15) is 0 Å². The second-order valence-electron chi connectivity index (χ2n) is 5.98. The fourth-order valence-electron chi connectivity index (χ4n) is 2.13. The minimum absolute atomic E-state index is 0.0230. The molecule has 0 aliphatic rings. The Hall–Kier alpha value is -1.83. The Balaban J connectivity index is 2.33. The van der Waals surface area contributed by atoms with Gasteiger partial charge in [0.05, 0.1) is 5.56 Å². The van der Waals surface area contributed by atoms with Crippen molar-refractivity contribution >= 4 is 5.78 Å². The van der Waals surface area contributed by atoms with Crippen LogP contribution in [-0.2, 0) is 5.41 Å². The van der Waals surface area contributed by atoms with E-state index in [2.05, 4.69) is 20.8 Å². The smallest absolute Gasteiger partial charge is 0.196 e. The highest BCUT2D eigenvalue weighted by Crippen LogP contribution is 2.24. The maximum atomic E-state index is 12.4. The van der Waals surface area contributed by atoms with Gasteiger partial charge in [0, 0.05) is 5.56 Å². The molecule has 0 spiro atoms. The molecular weight excluding hydrogens is 236 g/mol. The third kappa shape index (κ3) is 2.78. The van der Waals surface area contributed by atoms with Crippen LogP contribution in [0.1, 0.15) is 53.8 Å². The number of hydrogen-bond acceptors (Lipinski definition) is 2. The highest BCUT2D eigenvalue weighted by molar-refractivity contribution is 6.09. The molecule has 100 valence electrons. The number of carbonyl (C=O) groups is 1. The number of furan rings is 1. The third-order valence-corrected chi connectivity index (χ3v) is 3.30. The second-order valence-corrected chi connectivity index (χ2v) is 5.98. The normalized spacial score (nSPS) is 11.6. The van der Waals surface area contributed by atoms with Gasteiger partial charge in [-0.3, -0.25) is 4.79 Å². The molecule has 0 aliphatic heterocycles. The Labute approximate surface area is 114 Å². The van der Waals surface area contributed by atoms with E-state index >= 15 is 0 Å². The minimum Gasteiger partial charge on any atom is -0.466 e. The number of hydrogen-bond donors (Lipinski definition) is 0. The largest absolute Gasteiger partial charge is 0.466 e. The molecule has 2 rings (SSSR count). The summed E-state index contributed by atoms with van der Waals surface area (Å²) in [5, 5.41) is 0. The van der Waals surface area contributed by atoms with Crippen molar-refractivity contribution in [3.63, 3.8) is 0 Å². The van der Waals surface area contributed by atoms with Gasteiger partial charge in [-0.1, -0.05) is 45.0 Å². The molecule has 0 unspecified atom stereocenters. The predicted molar refractivity (Wildman–Crippen MR) is 76.8 cm³/mol.